The summed E-state index contributed by atoms with van der Waals surface area (Å²) < 4.78 is 0. The molecule has 0 aliphatic carbocycles. The Hall–Kier alpha value is -2.21. The second-order valence-corrected chi connectivity index (χ2v) is 4.59. The Labute approximate surface area is 118 Å². The third kappa shape index (κ3) is 5.62. The van der Waals surface area contributed by atoms with Crippen LogP contribution in [0.5, 0.6) is 0 Å². The van der Waals surface area contributed by atoms with Crippen molar-refractivity contribution in [3.63, 3.8) is 0 Å². The number of nitrogens with one attached hydrogen (secondary N) is 2. The zero-order valence-electron chi connectivity index (χ0n) is 11.6. The lowest BCUT2D eigenvalue weighted by Gasteiger charge is -2.10. The van der Waals surface area contributed by atoms with Crippen LogP contribution in [0, 0.1) is 16.0 Å². The number of carbonyl (C=O) groups is 1. The van der Waals surface area contributed by atoms with E-state index in [2.05, 4.69) is 10.6 Å². The van der Waals surface area contributed by atoms with Crippen molar-refractivity contribution < 1.29 is 9.72 Å². The van der Waals surface area contributed by atoms with Crippen LogP contribution >= 0.6 is 0 Å². The zero-order valence-corrected chi connectivity index (χ0v) is 11.6. The van der Waals surface area contributed by atoms with Gasteiger partial charge in [0.1, 0.15) is 0 Å². The minimum atomic E-state index is -0.455. The van der Waals surface area contributed by atoms with Gasteiger partial charge < -0.3 is 10.6 Å². The number of non-ortho nitro benzene ring substituents is 1. The summed E-state index contributed by atoms with van der Waals surface area (Å²) in [7, 11) is 1.87. The lowest BCUT2D eigenvalue weighted by molar-refractivity contribution is -0.384. The summed E-state index contributed by atoms with van der Waals surface area (Å²) in [6.07, 6.45) is 3.05. The van der Waals surface area contributed by atoms with Gasteiger partial charge in [0, 0.05) is 24.8 Å². The predicted octanol–water partition coefficient (Wildman–Crippen LogP) is 1.58. The molecule has 0 aromatic heterocycles. The molecule has 0 spiro atoms. The second kappa shape index (κ2) is 8.06. The van der Waals surface area contributed by atoms with E-state index in [-0.39, 0.29) is 11.6 Å². The first-order chi connectivity index (χ1) is 9.52. The highest BCUT2D eigenvalue weighted by atomic mass is 16.6. The molecule has 2 N–H and O–H groups in total. The molecule has 1 atom stereocenters. The maximum atomic E-state index is 11.6. The van der Waals surface area contributed by atoms with E-state index in [0.717, 1.165) is 12.1 Å². The molecule has 1 unspecified atom stereocenters. The van der Waals surface area contributed by atoms with Crippen LogP contribution in [-0.4, -0.2) is 31.0 Å². The Morgan fingerprint density at radius 1 is 1.35 bits per heavy atom. The molecule has 0 aliphatic heterocycles. The number of benzene rings is 1. The Morgan fingerprint density at radius 3 is 2.55 bits per heavy atom. The number of nitro groups is 1. The largest absolute Gasteiger partial charge is 0.352 e. The van der Waals surface area contributed by atoms with Gasteiger partial charge in [-0.2, -0.15) is 0 Å². The van der Waals surface area contributed by atoms with Gasteiger partial charge >= 0.3 is 0 Å². The van der Waals surface area contributed by atoms with Crippen LogP contribution in [0.25, 0.3) is 6.08 Å². The van der Waals surface area contributed by atoms with E-state index < -0.39 is 4.92 Å². The summed E-state index contributed by atoms with van der Waals surface area (Å²) >= 11 is 0. The molecular weight excluding hydrogens is 258 g/mol. The molecule has 1 amide bonds. The fourth-order valence-electron chi connectivity index (χ4n) is 1.63. The Kier molecular flexibility index (Phi) is 6.39. The molecule has 1 aromatic rings. The highest BCUT2D eigenvalue weighted by Crippen LogP contribution is 2.12. The second-order valence-electron chi connectivity index (χ2n) is 4.59. The van der Waals surface area contributed by atoms with Crippen LogP contribution in [0.15, 0.2) is 30.3 Å². The van der Waals surface area contributed by atoms with Crippen LogP contribution in [0.3, 0.4) is 0 Å². The van der Waals surface area contributed by atoms with Crippen LogP contribution in [0.1, 0.15) is 12.5 Å². The summed E-state index contributed by atoms with van der Waals surface area (Å²) in [5.41, 5.74) is 0.779. The van der Waals surface area contributed by atoms with Crippen LogP contribution < -0.4 is 10.6 Å². The molecule has 0 saturated carbocycles. The van der Waals surface area contributed by atoms with Gasteiger partial charge in [0.05, 0.1) is 4.92 Å². The molecular formula is C14H19N3O3. The molecule has 108 valence electrons. The van der Waals surface area contributed by atoms with Crippen LogP contribution in [-0.2, 0) is 4.79 Å². The first-order valence-electron chi connectivity index (χ1n) is 6.38. The minimum Gasteiger partial charge on any atom is -0.352 e. The Balaban J connectivity index is 2.46. The first-order valence-corrected chi connectivity index (χ1v) is 6.38. The maximum Gasteiger partial charge on any atom is 0.269 e. The summed E-state index contributed by atoms with van der Waals surface area (Å²) in [6.45, 7) is 3.48. The van der Waals surface area contributed by atoms with Crippen LogP contribution in [0.4, 0.5) is 5.69 Å². The molecule has 0 aliphatic rings. The third-order valence-corrected chi connectivity index (χ3v) is 2.71. The number of rotatable bonds is 7. The summed E-state index contributed by atoms with van der Waals surface area (Å²) in [4.78, 5) is 21.6. The van der Waals surface area contributed by atoms with Gasteiger partial charge in [-0.15, -0.1) is 0 Å². The van der Waals surface area contributed by atoms with E-state index in [1.54, 1.807) is 18.2 Å². The van der Waals surface area contributed by atoms with Crippen molar-refractivity contribution in [1.29, 1.82) is 0 Å². The summed E-state index contributed by atoms with van der Waals surface area (Å²) in [5, 5.41) is 16.3. The Bertz CT molecular complexity index is 483. The molecule has 1 rings (SSSR count). The average molecular weight is 277 g/mol. The van der Waals surface area contributed by atoms with Gasteiger partial charge in [0.15, 0.2) is 0 Å². The van der Waals surface area contributed by atoms with Crippen molar-refractivity contribution in [3.8, 4) is 0 Å². The van der Waals surface area contributed by atoms with E-state index >= 15 is 0 Å². The number of hydrogen-bond acceptors (Lipinski definition) is 4. The number of amides is 1. The van der Waals surface area contributed by atoms with Crippen molar-refractivity contribution in [2.24, 2.45) is 5.92 Å². The van der Waals surface area contributed by atoms with Crippen molar-refractivity contribution in [3.05, 3.63) is 46.0 Å². The molecule has 0 fully saturated rings. The molecule has 0 radical (unpaired) electrons. The molecule has 0 bridgehead atoms. The van der Waals surface area contributed by atoms with Crippen molar-refractivity contribution >= 4 is 17.7 Å². The van der Waals surface area contributed by atoms with E-state index in [9.17, 15) is 14.9 Å². The number of hydrogen-bond donors (Lipinski definition) is 2. The van der Waals surface area contributed by atoms with E-state index in [1.807, 2.05) is 14.0 Å². The summed E-state index contributed by atoms with van der Waals surface area (Å²) in [5.74, 6) is 0.183. The normalized spacial score (nSPS) is 12.3. The molecule has 6 nitrogen and oxygen atoms in total. The molecule has 1 aromatic carbocycles. The highest BCUT2D eigenvalue weighted by molar-refractivity contribution is 5.91. The van der Waals surface area contributed by atoms with Crippen molar-refractivity contribution in [2.45, 2.75) is 6.92 Å². The minimum absolute atomic E-state index is 0.0347. The molecule has 0 saturated heterocycles. The molecule has 20 heavy (non-hydrogen) atoms. The standard InChI is InChI=1S/C14H19N3O3/c1-11(9-15-2)10-16-14(18)8-5-12-3-6-13(7-4-12)17(19)20/h3-8,11,15H,9-10H2,1-2H3,(H,16,18)/b8-5+. The maximum absolute atomic E-state index is 11.6. The predicted molar refractivity (Wildman–Crippen MR) is 78.2 cm³/mol. The quantitative estimate of drug-likeness (QED) is 0.450. The van der Waals surface area contributed by atoms with Gasteiger partial charge in [0.2, 0.25) is 5.91 Å². The first kappa shape index (κ1) is 15.8. The topological polar surface area (TPSA) is 84.3 Å². The van der Waals surface area contributed by atoms with E-state index in [1.165, 1.54) is 18.2 Å². The molecule has 6 heteroatoms. The number of carbonyl (C=O) groups excluding carboxylic acids is 1. The monoisotopic (exact) mass is 277 g/mol. The average Bonchev–Trinajstić information content (AvgIpc) is 2.43. The van der Waals surface area contributed by atoms with Gasteiger partial charge in [-0.05, 0) is 43.3 Å². The van der Waals surface area contributed by atoms with Crippen LogP contribution in [0.2, 0.25) is 0 Å². The van der Waals surface area contributed by atoms with Gasteiger partial charge in [-0.1, -0.05) is 6.92 Å². The smallest absolute Gasteiger partial charge is 0.269 e. The van der Waals surface area contributed by atoms with Gasteiger partial charge in [0.25, 0.3) is 5.69 Å². The summed E-state index contributed by atoms with van der Waals surface area (Å²) in [6, 6.07) is 6.02. The van der Waals surface area contributed by atoms with Gasteiger partial charge in [-0.3, -0.25) is 14.9 Å². The number of nitrogens with zero attached hydrogens (tertiary/aromatic N) is 1. The van der Waals surface area contributed by atoms with Gasteiger partial charge in [-0.25, -0.2) is 0 Å². The third-order valence-electron chi connectivity index (χ3n) is 2.71. The lowest BCUT2D eigenvalue weighted by Crippen LogP contribution is -2.31. The molecule has 0 heterocycles. The van der Waals surface area contributed by atoms with E-state index in [0.29, 0.717) is 12.5 Å². The van der Waals surface area contributed by atoms with Crippen molar-refractivity contribution in [2.75, 3.05) is 20.1 Å². The van der Waals surface area contributed by atoms with E-state index in [4.69, 9.17) is 0 Å². The number of nitro benzene ring substituents is 1. The fraction of sp³-hybridized carbons (Fsp3) is 0.357. The zero-order chi connectivity index (χ0) is 15.0. The fourth-order valence-corrected chi connectivity index (χ4v) is 1.63. The highest BCUT2D eigenvalue weighted by Gasteiger charge is 2.03. The van der Waals surface area contributed by atoms with Crippen molar-refractivity contribution in [1.82, 2.24) is 10.6 Å². The lowest BCUT2D eigenvalue weighted by atomic mass is 10.1. The SMILES string of the molecule is CNCC(C)CNC(=O)/C=C/c1ccc([N+](=O)[O-])cc1. The Morgan fingerprint density at radius 2 is 2.00 bits per heavy atom.